The van der Waals surface area contributed by atoms with Gasteiger partial charge in [0, 0.05) is 36.3 Å². The summed E-state index contributed by atoms with van der Waals surface area (Å²) in [4.78, 5) is 27.4. The van der Waals surface area contributed by atoms with Gasteiger partial charge in [0.15, 0.2) is 11.0 Å². The maximum Gasteiger partial charge on any atom is 0.251 e. The Morgan fingerprint density at radius 1 is 1.09 bits per heavy atom. The lowest BCUT2D eigenvalue weighted by Gasteiger charge is -2.22. The molecule has 1 aromatic heterocycles. The average molecular weight is 490 g/mol. The number of carbonyl (C=O) groups excluding carboxylic acids is 2. The van der Waals surface area contributed by atoms with Crippen molar-refractivity contribution in [2.45, 2.75) is 69.9 Å². The second kappa shape index (κ2) is 10.2. The minimum atomic E-state index is -0.0179. The average Bonchev–Trinajstić information content (AvgIpc) is 3.80. The summed E-state index contributed by atoms with van der Waals surface area (Å²) in [6, 6.07) is 16.5. The third kappa shape index (κ3) is 5.75. The van der Waals surface area contributed by atoms with Crippen LogP contribution in [0.15, 0.2) is 53.7 Å². The highest BCUT2D eigenvalue weighted by molar-refractivity contribution is 7.99. The molecule has 2 amide bonds. The molecule has 3 aromatic rings. The van der Waals surface area contributed by atoms with Gasteiger partial charge in [-0.3, -0.25) is 9.59 Å². The number of amides is 2. The van der Waals surface area contributed by atoms with Crippen LogP contribution >= 0.6 is 11.8 Å². The van der Waals surface area contributed by atoms with Crippen molar-refractivity contribution in [1.29, 1.82) is 0 Å². The molecule has 0 radical (unpaired) electrons. The summed E-state index contributed by atoms with van der Waals surface area (Å²) in [6.45, 7) is 5.43. The summed E-state index contributed by atoms with van der Waals surface area (Å²) in [6.07, 6.45) is 4.23. The van der Waals surface area contributed by atoms with E-state index in [4.69, 9.17) is 0 Å². The molecule has 7 nitrogen and oxygen atoms in total. The van der Waals surface area contributed by atoms with Gasteiger partial charge in [-0.25, -0.2) is 0 Å². The van der Waals surface area contributed by atoms with E-state index in [0.717, 1.165) is 54.3 Å². The molecular formula is C27H31N5O2S. The molecule has 1 heterocycles. The Bertz CT molecular complexity index is 1210. The van der Waals surface area contributed by atoms with E-state index in [1.807, 2.05) is 41.3 Å². The van der Waals surface area contributed by atoms with Crippen molar-refractivity contribution in [2.75, 3.05) is 5.75 Å². The van der Waals surface area contributed by atoms with Gasteiger partial charge >= 0.3 is 0 Å². The minimum absolute atomic E-state index is 0.0179. The predicted octanol–water partition coefficient (Wildman–Crippen LogP) is 4.45. The summed E-state index contributed by atoms with van der Waals surface area (Å²) in [5, 5.41) is 12.6. The number of aryl methyl sites for hydroxylation is 1. The lowest BCUT2D eigenvalue weighted by molar-refractivity contribution is -0.129. The van der Waals surface area contributed by atoms with Gasteiger partial charge in [-0.1, -0.05) is 47.7 Å². The molecular weight excluding hydrogens is 458 g/mol. The van der Waals surface area contributed by atoms with Crippen molar-refractivity contribution in [3.63, 3.8) is 0 Å². The molecule has 0 spiro atoms. The Kier molecular flexibility index (Phi) is 6.90. The normalized spacial score (nSPS) is 15.1. The molecule has 0 unspecified atom stereocenters. The first kappa shape index (κ1) is 23.6. The summed E-state index contributed by atoms with van der Waals surface area (Å²) >= 11 is 1.45. The molecule has 0 saturated heterocycles. The first-order valence-corrected chi connectivity index (χ1v) is 13.3. The molecule has 8 heteroatoms. The van der Waals surface area contributed by atoms with Crippen LogP contribution in [0, 0.1) is 6.92 Å². The lowest BCUT2D eigenvalue weighted by atomic mass is 10.1. The molecule has 0 aliphatic heterocycles. The van der Waals surface area contributed by atoms with Crippen molar-refractivity contribution in [3.05, 3.63) is 65.2 Å². The fourth-order valence-corrected chi connectivity index (χ4v) is 5.04. The second-order valence-electron chi connectivity index (χ2n) is 9.41. The number of nitrogens with one attached hydrogen (secondary N) is 1. The Hall–Kier alpha value is -3.13. The predicted molar refractivity (Wildman–Crippen MR) is 137 cm³/mol. The molecule has 2 saturated carbocycles. The topological polar surface area (TPSA) is 80.1 Å². The van der Waals surface area contributed by atoms with Gasteiger partial charge in [-0.05, 0) is 63.3 Å². The van der Waals surface area contributed by atoms with Crippen molar-refractivity contribution >= 4 is 23.6 Å². The molecule has 2 aliphatic rings. The van der Waals surface area contributed by atoms with Crippen LogP contribution in [-0.2, 0) is 17.9 Å². The van der Waals surface area contributed by atoms with Crippen LogP contribution in [0.4, 0.5) is 0 Å². The fourth-order valence-electron chi connectivity index (χ4n) is 4.15. The van der Waals surface area contributed by atoms with E-state index in [1.54, 1.807) is 0 Å². The molecule has 182 valence electrons. The Labute approximate surface area is 210 Å². The zero-order chi connectivity index (χ0) is 24.4. The van der Waals surface area contributed by atoms with Crippen LogP contribution in [0.2, 0.25) is 0 Å². The third-order valence-corrected chi connectivity index (χ3v) is 7.38. The van der Waals surface area contributed by atoms with Crippen molar-refractivity contribution in [1.82, 2.24) is 25.0 Å². The Balaban J connectivity index is 1.22. The van der Waals surface area contributed by atoms with E-state index in [2.05, 4.69) is 46.1 Å². The number of thioether (sulfide) groups is 1. The first-order chi connectivity index (χ1) is 17.0. The van der Waals surface area contributed by atoms with Gasteiger partial charge in [0.2, 0.25) is 5.91 Å². The number of carbonyl (C=O) groups is 2. The lowest BCUT2D eigenvalue weighted by Crippen LogP contribution is -2.34. The van der Waals surface area contributed by atoms with Crippen molar-refractivity contribution in [3.8, 4) is 11.4 Å². The monoisotopic (exact) mass is 489 g/mol. The number of aromatic nitrogens is 3. The van der Waals surface area contributed by atoms with Crippen LogP contribution < -0.4 is 5.32 Å². The highest BCUT2D eigenvalue weighted by Gasteiger charge is 2.33. The van der Waals surface area contributed by atoms with Gasteiger partial charge in [-0.2, -0.15) is 0 Å². The standard InChI is InChI=1S/C27H31N5O2S/c1-3-31-25(21-6-4-5-18(2)15-21)29-30-27(31)35-17-24(33)32(23-13-14-23)16-19-7-9-20(10-8-19)26(34)28-22-11-12-22/h4-10,15,22-23H,3,11-14,16-17H2,1-2H3,(H,28,34). The molecule has 2 fully saturated rings. The van der Waals surface area contributed by atoms with E-state index in [-0.39, 0.29) is 11.8 Å². The quantitative estimate of drug-likeness (QED) is 0.426. The number of nitrogens with zero attached hydrogens (tertiary/aromatic N) is 4. The van der Waals surface area contributed by atoms with Crippen molar-refractivity contribution < 1.29 is 9.59 Å². The maximum atomic E-state index is 13.2. The second-order valence-corrected chi connectivity index (χ2v) is 10.3. The molecule has 35 heavy (non-hydrogen) atoms. The largest absolute Gasteiger partial charge is 0.349 e. The SMILES string of the molecule is CCn1c(SCC(=O)N(Cc2ccc(C(=O)NC3CC3)cc2)C2CC2)nnc1-c1cccc(C)c1. The number of rotatable bonds is 10. The highest BCUT2D eigenvalue weighted by Crippen LogP contribution is 2.30. The Morgan fingerprint density at radius 3 is 2.51 bits per heavy atom. The third-order valence-electron chi connectivity index (χ3n) is 6.42. The zero-order valence-corrected chi connectivity index (χ0v) is 21.1. The van der Waals surface area contributed by atoms with E-state index in [9.17, 15) is 9.59 Å². The van der Waals surface area contributed by atoms with Gasteiger partial charge in [-0.15, -0.1) is 10.2 Å². The van der Waals surface area contributed by atoms with Gasteiger partial charge < -0.3 is 14.8 Å². The molecule has 0 atom stereocenters. The number of hydrogen-bond donors (Lipinski definition) is 1. The molecule has 1 N–H and O–H groups in total. The van der Waals surface area contributed by atoms with E-state index >= 15 is 0 Å². The summed E-state index contributed by atoms with van der Waals surface area (Å²) < 4.78 is 2.07. The maximum absolute atomic E-state index is 13.2. The summed E-state index contributed by atoms with van der Waals surface area (Å²) in [7, 11) is 0. The van der Waals surface area contributed by atoms with Gasteiger partial charge in [0.1, 0.15) is 0 Å². The highest BCUT2D eigenvalue weighted by atomic mass is 32.2. The molecule has 5 rings (SSSR count). The molecule has 2 aliphatic carbocycles. The van der Waals surface area contributed by atoms with Crippen LogP contribution in [0.1, 0.15) is 54.1 Å². The van der Waals surface area contributed by atoms with E-state index < -0.39 is 0 Å². The summed E-state index contributed by atoms with van der Waals surface area (Å²) in [5.41, 5.74) is 3.92. The first-order valence-electron chi connectivity index (χ1n) is 12.3. The van der Waals surface area contributed by atoms with E-state index in [1.165, 1.54) is 17.3 Å². The van der Waals surface area contributed by atoms with Crippen molar-refractivity contribution in [2.24, 2.45) is 0 Å². The fraction of sp³-hybridized carbons (Fsp3) is 0.407. The zero-order valence-electron chi connectivity index (χ0n) is 20.2. The van der Waals surface area contributed by atoms with Gasteiger partial charge in [0.25, 0.3) is 5.91 Å². The number of benzene rings is 2. The Morgan fingerprint density at radius 2 is 1.86 bits per heavy atom. The summed E-state index contributed by atoms with van der Waals surface area (Å²) in [5.74, 6) is 1.24. The van der Waals surface area contributed by atoms with Crippen LogP contribution in [0.3, 0.4) is 0 Å². The van der Waals surface area contributed by atoms with Crippen LogP contribution in [0.25, 0.3) is 11.4 Å². The molecule has 2 aromatic carbocycles. The van der Waals surface area contributed by atoms with Gasteiger partial charge in [0.05, 0.1) is 5.75 Å². The van der Waals surface area contributed by atoms with Crippen LogP contribution in [0.5, 0.6) is 0 Å². The minimum Gasteiger partial charge on any atom is -0.349 e. The van der Waals surface area contributed by atoms with Crippen LogP contribution in [-0.4, -0.2) is 49.3 Å². The smallest absolute Gasteiger partial charge is 0.251 e. The molecule has 0 bridgehead atoms. The van der Waals surface area contributed by atoms with E-state index in [0.29, 0.717) is 29.9 Å². The number of hydrogen-bond acceptors (Lipinski definition) is 5.